The van der Waals surface area contributed by atoms with E-state index in [0.717, 1.165) is 4.90 Å². The second kappa shape index (κ2) is 7.24. The van der Waals surface area contributed by atoms with Crippen molar-refractivity contribution < 1.29 is 23.1 Å². The first-order valence-electron chi connectivity index (χ1n) is 8.03. The van der Waals surface area contributed by atoms with Crippen LogP contribution in [0.1, 0.15) is 16.2 Å². The second-order valence-corrected chi connectivity index (χ2v) is 6.77. The third-order valence-corrected chi connectivity index (χ3v) is 4.93. The number of anilines is 1. The number of esters is 1. The molecule has 0 atom stereocenters. The highest BCUT2D eigenvalue weighted by Crippen LogP contribution is 2.32. The summed E-state index contributed by atoms with van der Waals surface area (Å²) < 4.78 is 23.7. The maximum atomic E-state index is 13.0. The molecule has 0 saturated carbocycles. The van der Waals surface area contributed by atoms with Gasteiger partial charge in [0, 0.05) is 10.5 Å². The van der Waals surface area contributed by atoms with Crippen LogP contribution in [-0.4, -0.2) is 22.6 Å². The Balaban J connectivity index is 1.42. The molecule has 1 amide bonds. The van der Waals surface area contributed by atoms with Crippen molar-refractivity contribution >= 4 is 29.3 Å². The van der Waals surface area contributed by atoms with Gasteiger partial charge < -0.3 is 14.5 Å². The number of aromatic nitrogens is 1. The molecule has 0 spiro atoms. The molecule has 136 valence electrons. The molecule has 1 aliphatic heterocycles. The first-order chi connectivity index (χ1) is 13.1. The Morgan fingerprint density at radius 1 is 1.26 bits per heavy atom. The Labute approximate surface area is 157 Å². The molecule has 8 heteroatoms. The van der Waals surface area contributed by atoms with Gasteiger partial charge in [0.15, 0.2) is 12.4 Å². The van der Waals surface area contributed by atoms with Crippen LogP contribution in [0, 0.1) is 5.82 Å². The molecule has 3 aromatic rings. The number of hydrogen-bond acceptors (Lipinski definition) is 6. The molecule has 0 aliphatic carbocycles. The van der Waals surface area contributed by atoms with Crippen LogP contribution in [0.25, 0.3) is 11.3 Å². The number of halogens is 1. The van der Waals surface area contributed by atoms with Gasteiger partial charge in [-0.15, -0.1) is 11.8 Å². The second-order valence-electron chi connectivity index (χ2n) is 5.75. The van der Waals surface area contributed by atoms with E-state index in [2.05, 4.69) is 10.3 Å². The number of fused-ring (bicyclic) bond motifs is 1. The maximum absolute atomic E-state index is 13.0. The number of rotatable bonds is 4. The number of hydrogen-bond donors (Lipinski definition) is 1. The van der Waals surface area contributed by atoms with Crippen LogP contribution in [0.3, 0.4) is 0 Å². The van der Waals surface area contributed by atoms with Gasteiger partial charge in [-0.3, -0.25) is 4.79 Å². The van der Waals surface area contributed by atoms with E-state index in [0.29, 0.717) is 28.3 Å². The van der Waals surface area contributed by atoms with Crippen molar-refractivity contribution in [3.8, 4) is 11.3 Å². The summed E-state index contributed by atoms with van der Waals surface area (Å²) in [7, 11) is 0. The Bertz CT molecular complexity index is 1020. The highest BCUT2D eigenvalue weighted by Gasteiger charge is 2.18. The molecule has 0 bridgehead atoms. The fourth-order valence-corrected chi connectivity index (χ4v) is 3.33. The molecule has 0 saturated heterocycles. The highest BCUT2D eigenvalue weighted by molar-refractivity contribution is 8.00. The van der Waals surface area contributed by atoms with Crippen molar-refractivity contribution in [1.29, 1.82) is 0 Å². The first-order valence-corrected chi connectivity index (χ1v) is 9.01. The summed E-state index contributed by atoms with van der Waals surface area (Å²) in [6.07, 6.45) is 1.49. The SMILES string of the molecule is O=C1CSc2ccc(C(=O)OCc3ncc(-c4ccc(F)cc4)o3)cc2N1. The van der Waals surface area contributed by atoms with E-state index >= 15 is 0 Å². The molecular weight excluding hydrogens is 371 g/mol. The minimum absolute atomic E-state index is 0.105. The van der Waals surface area contributed by atoms with Crippen molar-refractivity contribution in [2.24, 2.45) is 0 Å². The van der Waals surface area contributed by atoms with E-state index in [9.17, 15) is 14.0 Å². The van der Waals surface area contributed by atoms with Crippen LogP contribution in [0.15, 0.2) is 58.0 Å². The summed E-state index contributed by atoms with van der Waals surface area (Å²) in [5.74, 6) is 0.0403. The third kappa shape index (κ3) is 3.85. The fourth-order valence-electron chi connectivity index (χ4n) is 2.55. The van der Waals surface area contributed by atoms with Crippen molar-refractivity contribution in [2.75, 3.05) is 11.1 Å². The lowest BCUT2D eigenvalue weighted by Crippen LogP contribution is -2.19. The van der Waals surface area contributed by atoms with Gasteiger partial charge in [-0.1, -0.05) is 0 Å². The maximum Gasteiger partial charge on any atom is 0.338 e. The Kier molecular flexibility index (Phi) is 4.64. The smallest absolute Gasteiger partial charge is 0.338 e. The van der Waals surface area contributed by atoms with E-state index < -0.39 is 5.97 Å². The molecule has 2 aromatic carbocycles. The van der Waals surface area contributed by atoms with E-state index in [1.807, 2.05) is 0 Å². The van der Waals surface area contributed by atoms with Gasteiger partial charge in [0.1, 0.15) is 5.82 Å². The van der Waals surface area contributed by atoms with Crippen molar-refractivity contribution in [3.05, 3.63) is 65.9 Å². The Hall–Kier alpha value is -3.13. The topological polar surface area (TPSA) is 81.4 Å². The standard InChI is InChI=1S/C19H13FN2O4S/c20-13-4-1-11(2-5-13)15-8-21-18(26-15)9-25-19(24)12-3-6-16-14(7-12)22-17(23)10-27-16/h1-8H,9-10H2,(H,22,23). The largest absolute Gasteiger partial charge is 0.452 e. The van der Waals surface area contributed by atoms with E-state index in [1.165, 1.54) is 30.1 Å². The van der Waals surface area contributed by atoms with Crippen molar-refractivity contribution in [1.82, 2.24) is 4.98 Å². The molecule has 0 fully saturated rings. The van der Waals surface area contributed by atoms with Crippen LogP contribution in [0.5, 0.6) is 0 Å². The summed E-state index contributed by atoms with van der Waals surface area (Å²) >= 11 is 1.42. The fraction of sp³-hybridized carbons (Fsp3) is 0.105. The Morgan fingerprint density at radius 2 is 2.07 bits per heavy atom. The van der Waals surface area contributed by atoms with Crippen LogP contribution in [0.2, 0.25) is 0 Å². The van der Waals surface area contributed by atoms with Crippen molar-refractivity contribution in [2.45, 2.75) is 11.5 Å². The van der Waals surface area contributed by atoms with E-state index in [-0.39, 0.29) is 24.2 Å². The molecule has 4 rings (SSSR count). The third-order valence-electron chi connectivity index (χ3n) is 3.86. The lowest BCUT2D eigenvalue weighted by molar-refractivity contribution is -0.113. The zero-order chi connectivity index (χ0) is 18.8. The molecule has 0 radical (unpaired) electrons. The van der Waals surface area contributed by atoms with Crippen molar-refractivity contribution in [3.63, 3.8) is 0 Å². The summed E-state index contributed by atoms with van der Waals surface area (Å²) in [6.45, 7) is -0.141. The number of nitrogens with one attached hydrogen (secondary N) is 1. The number of nitrogens with zero attached hydrogens (tertiary/aromatic N) is 1. The van der Waals surface area contributed by atoms with Gasteiger partial charge in [-0.2, -0.15) is 0 Å². The van der Waals surface area contributed by atoms with Gasteiger partial charge in [0.2, 0.25) is 11.8 Å². The number of benzene rings is 2. The van der Waals surface area contributed by atoms with Crippen LogP contribution >= 0.6 is 11.8 Å². The monoisotopic (exact) mass is 384 g/mol. The normalized spacial score (nSPS) is 13.0. The Morgan fingerprint density at radius 3 is 2.89 bits per heavy atom. The zero-order valence-corrected chi connectivity index (χ0v) is 14.7. The average Bonchev–Trinajstić information content (AvgIpc) is 3.15. The predicted molar refractivity (Wildman–Crippen MR) is 96.8 cm³/mol. The summed E-state index contributed by atoms with van der Waals surface area (Å²) in [4.78, 5) is 28.7. The minimum Gasteiger partial charge on any atom is -0.452 e. The lowest BCUT2D eigenvalue weighted by atomic mass is 10.2. The van der Waals surface area contributed by atoms with Crippen LogP contribution < -0.4 is 5.32 Å². The zero-order valence-electron chi connectivity index (χ0n) is 13.9. The molecular formula is C19H13FN2O4S. The van der Waals surface area contributed by atoms with Gasteiger partial charge in [0.05, 0.1) is 23.2 Å². The van der Waals surface area contributed by atoms with E-state index in [1.54, 1.807) is 30.3 Å². The number of amides is 1. The quantitative estimate of drug-likeness (QED) is 0.688. The summed E-state index contributed by atoms with van der Waals surface area (Å²) in [5.41, 5.74) is 1.59. The molecule has 1 aromatic heterocycles. The first kappa shape index (κ1) is 17.3. The van der Waals surface area contributed by atoms with Crippen LogP contribution in [0.4, 0.5) is 10.1 Å². The van der Waals surface area contributed by atoms with Gasteiger partial charge in [0.25, 0.3) is 0 Å². The molecule has 0 unspecified atom stereocenters. The molecule has 2 heterocycles. The molecule has 1 N–H and O–H groups in total. The molecule has 1 aliphatic rings. The molecule has 27 heavy (non-hydrogen) atoms. The lowest BCUT2D eigenvalue weighted by Gasteiger charge is -2.16. The number of carbonyl (C=O) groups is 2. The number of ether oxygens (including phenoxy) is 1. The predicted octanol–water partition coefficient (Wildman–Crippen LogP) is 3.88. The van der Waals surface area contributed by atoms with Gasteiger partial charge in [-0.05, 0) is 42.5 Å². The number of carbonyl (C=O) groups excluding carboxylic acids is 2. The van der Waals surface area contributed by atoms with E-state index in [4.69, 9.17) is 9.15 Å². The summed E-state index contributed by atoms with van der Waals surface area (Å²) in [6, 6.07) is 10.8. The van der Waals surface area contributed by atoms with Gasteiger partial charge in [-0.25, -0.2) is 14.2 Å². The van der Waals surface area contributed by atoms with Crippen LogP contribution in [-0.2, 0) is 16.1 Å². The molecule has 6 nitrogen and oxygen atoms in total. The minimum atomic E-state index is -0.552. The number of oxazole rings is 1. The number of thioether (sulfide) groups is 1. The highest BCUT2D eigenvalue weighted by atomic mass is 32.2. The average molecular weight is 384 g/mol. The summed E-state index contributed by atoms with van der Waals surface area (Å²) in [5, 5.41) is 2.73. The van der Waals surface area contributed by atoms with Gasteiger partial charge >= 0.3 is 5.97 Å².